The van der Waals surface area contributed by atoms with Crippen LogP contribution in [0.5, 0.6) is 5.75 Å². The normalized spacial score (nSPS) is 12.8. The Morgan fingerprint density at radius 2 is 1.86 bits per heavy atom. The summed E-state index contributed by atoms with van der Waals surface area (Å²) in [4.78, 5) is 26.4. The number of nitrogens with zero attached hydrogens (tertiary/aromatic N) is 2. The van der Waals surface area contributed by atoms with Gasteiger partial charge in [0.1, 0.15) is 5.75 Å². The molecule has 0 spiro atoms. The number of aromatic nitrogens is 1. The molecule has 1 aromatic heterocycles. The summed E-state index contributed by atoms with van der Waals surface area (Å²) >= 11 is 0. The maximum Gasteiger partial charge on any atom is 0.163 e. The Kier molecular flexibility index (Phi) is 7.57. The minimum Gasteiger partial charge on any atom is -0.495 e. The number of ether oxygens (including phenoxy) is 1. The van der Waals surface area contributed by atoms with Gasteiger partial charge in [0.15, 0.2) is 11.6 Å². The van der Waals surface area contributed by atoms with Gasteiger partial charge >= 0.3 is 0 Å². The van der Waals surface area contributed by atoms with Gasteiger partial charge in [0.2, 0.25) is 0 Å². The van der Waals surface area contributed by atoms with Crippen molar-refractivity contribution < 1.29 is 14.3 Å². The maximum absolute atomic E-state index is 12.2. The molecule has 0 radical (unpaired) electrons. The zero-order chi connectivity index (χ0) is 21.7. The van der Waals surface area contributed by atoms with Crippen molar-refractivity contribution in [1.82, 2.24) is 9.47 Å². The monoisotopic (exact) mass is 396 g/mol. The largest absolute Gasteiger partial charge is 0.495 e. The first-order valence-electron chi connectivity index (χ1n) is 10.1. The number of carbonyl (C=O) groups is 2. The smallest absolute Gasteiger partial charge is 0.163 e. The highest BCUT2D eigenvalue weighted by Crippen LogP contribution is 2.28. The predicted octanol–water partition coefficient (Wildman–Crippen LogP) is 2.92. The molecule has 29 heavy (non-hydrogen) atoms. The fourth-order valence-electron chi connectivity index (χ4n) is 3.71. The molecule has 0 bridgehead atoms. The molecular weight excluding hydrogens is 364 g/mol. The molecule has 0 amide bonds. The summed E-state index contributed by atoms with van der Waals surface area (Å²) in [5, 5.41) is 2.70. The van der Waals surface area contributed by atoms with E-state index in [0.29, 0.717) is 16.9 Å². The second kappa shape index (κ2) is 9.70. The average Bonchev–Trinajstić information content (AvgIpc) is 3.00. The number of fused-ring (bicyclic) bond motifs is 1. The van der Waals surface area contributed by atoms with E-state index in [9.17, 15) is 9.59 Å². The van der Waals surface area contributed by atoms with Gasteiger partial charge < -0.3 is 14.2 Å². The molecule has 0 unspecified atom stereocenters. The van der Waals surface area contributed by atoms with Crippen LogP contribution in [0.15, 0.2) is 24.3 Å². The van der Waals surface area contributed by atoms with Crippen molar-refractivity contribution in [2.75, 3.05) is 26.7 Å². The Morgan fingerprint density at radius 3 is 2.34 bits per heavy atom. The van der Waals surface area contributed by atoms with E-state index in [1.165, 1.54) is 13.8 Å². The Hall–Kier alpha value is -2.66. The Labute approximate surface area is 172 Å². The van der Waals surface area contributed by atoms with Gasteiger partial charge in [-0.2, -0.15) is 0 Å². The second-order valence-electron chi connectivity index (χ2n) is 7.09. The molecule has 0 N–H and O–H groups in total. The average molecular weight is 397 g/mol. The second-order valence-corrected chi connectivity index (χ2v) is 7.09. The number of hydrogen-bond acceptors (Lipinski definition) is 4. The minimum atomic E-state index is -0.0854. The third-order valence-corrected chi connectivity index (χ3v) is 5.42. The zero-order valence-electron chi connectivity index (χ0n) is 18.5. The van der Waals surface area contributed by atoms with Crippen molar-refractivity contribution in [2.45, 2.75) is 41.2 Å². The number of hydrogen-bond donors (Lipinski definition) is 0. The first-order valence-corrected chi connectivity index (χ1v) is 10.1. The van der Waals surface area contributed by atoms with Gasteiger partial charge in [0.25, 0.3) is 0 Å². The Bertz CT molecular complexity index is 1060. The molecule has 0 aliphatic rings. The van der Waals surface area contributed by atoms with Crippen molar-refractivity contribution in [3.63, 3.8) is 0 Å². The highest BCUT2D eigenvalue weighted by molar-refractivity contribution is 6.05. The molecule has 2 aromatic rings. The molecule has 0 saturated carbocycles. The Morgan fingerprint density at radius 1 is 1.21 bits per heavy atom. The molecule has 0 saturated heterocycles. The van der Waals surface area contributed by atoms with Crippen LogP contribution in [-0.4, -0.2) is 47.8 Å². The molecule has 0 fully saturated rings. The van der Waals surface area contributed by atoms with Gasteiger partial charge in [-0.15, -0.1) is 0 Å². The fraction of sp³-hybridized carbons (Fsp3) is 0.417. The van der Waals surface area contributed by atoms with E-state index in [1.54, 1.807) is 13.2 Å². The summed E-state index contributed by atoms with van der Waals surface area (Å²) in [5.41, 5.74) is 1.94. The molecule has 0 aliphatic carbocycles. The maximum atomic E-state index is 12.2. The van der Waals surface area contributed by atoms with Gasteiger partial charge in [0, 0.05) is 29.2 Å². The summed E-state index contributed by atoms with van der Waals surface area (Å²) in [6.07, 6.45) is 3.84. The number of likely N-dealkylation sites (N-methyl/N-ethyl adjacent to an activating group) is 1. The van der Waals surface area contributed by atoms with E-state index in [0.717, 1.165) is 47.6 Å². The van der Waals surface area contributed by atoms with Crippen LogP contribution in [0.4, 0.5) is 0 Å². The molecular formula is C24H32N2O3. The van der Waals surface area contributed by atoms with Gasteiger partial charge in [-0.1, -0.05) is 26.5 Å². The number of allylic oxidation sites excluding steroid dienone is 1. The van der Waals surface area contributed by atoms with Crippen LogP contribution in [0.2, 0.25) is 0 Å². The van der Waals surface area contributed by atoms with E-state index >= 15 is 0 Å². The minimum absolute atomic E-state index is 0.0574. The number of benzene rings is 1. The first kappa shape index (κ1) is 22.6. The van der Waals surface area contributed by atoms with Crippen molar-refractivity contribution in [3.8, 4) is 5.75 Å². The molecule has 0 atom stereocenters. The molecule has 1 heterocycles. The lowest BCUT2D eigenvalue weighted by Crippen LogP contribution is -2.34. The lowest BCUT2D eigenvalue weighted by Gasteiger charge is -2.19. The molecule has 0 aliphatic heterocycles. The number of carbonyl (C=O) groups excluding carboxylic acids is 2. The molecule has 5 nitrogen and oxygen atoms in total. The molecule has 5 heteroatoms. The van der Waals surface area contributed by atoms with Gasteiger partial charge in [-0.25, -0.2) is 0 Å². The summed E-state index contributed by atoms with van der Waals surface area (Å²) in [7, 11) is 1.58. The van der Waals surface area contributed by atoms with E-state index in [-0.39, 0.29) is 11.6 Å². The Balaban J connectivity index is 2.93. The number of methoxy groups -OCH3 is 1. The summed E-state index contributed by atoms with van der Waals surface area (Å²) in [6, 6.07) is 3.79. The van der Waals surface area contributed by atoms with Crippen molar-refractivity contribution in [2.24, 2.45) is 0 Å². The van der Waals surface area contributed by atoms with Crippen LogP contribution >= 0.6 is 0 Å². The van der Waals surface area contributed by atoms with Crippen molar-refractivity contribution >= 4 is 34.6 Å². The third kappa shape index (κ3) is 4.51. The summed E-state index contributed by atoms with van der Waals surface area (Å²) < 4.78 is 7.93. The number of ketones is 2. The summed E-state index contributed by atoms with van der Waals surface area (Å²) in [6.45, 7) is 16.9. The quantitative estimate of drug-likeness (QED) is 0.483. The van der Waals surface area contributed by atoms with E-state index in [2.05, 4.69) is 29.9 Å². The van der Waals surface area contributed by atoms with Crippen molar-refractivity contribution in [1.29, 1.82) is 0 Å². The van der Waals surface area contributed by atoms with E-state index in [1.807, 2.05) is 25.1 Å². The SMILES string of the molecule is C=C(/C=c1\c(=C/C)n(CCN(CC)CC)c2ccc(C(C)=O)c(OC)c12)C(C)=O. The van der Waals surface area contributed by atoms with Gasteiger partial charge in [-0.05, 0) is 52.1 Å². The van der Waals surface area contributed by atoms with Crippen LogP contribution in [0.1, 0.15) is 45.0 Å². The van der Waals surface area contributed by atoms with Crippen LogP contribution in [0, 0.1) is 0 Å². The van der Waals surface area contributed by atoms with Crippen LogP contribution in [-0.2, 0) is 11.3 Å². The molecule has 1 aromatic carbocycles. The van der Waals surface area contributed by atoms with Crippen molar-refractivity contribution in [3.05, 3.63) is 40.4 Å². The topological polar surface area (TPSA) is 51.5 Å². The van der Waals surface area contributed by atoms with Crippen LogP contribution in [0.3, 0.4) is 0 Å². The predicted molar refractivity (Wildman–Crippen MR) is 120 cm³/mol. The number of Topliss-reactive ketones (excluding diaryl/α,β-unsaturated/α-hetero) is 2. The standard InChI is InChI=1S/C24H32N2O3/c1-8-21-20(15-16(4)17(5)27)23-22(26(21)14-13-25(9-2)10-3)12-11-19(18(6)28)24(23)29-7/h8,11-12,15H,4,9-10,13-14H2,1-3,5-7H3/b20-15+,21-8+. The molecule has 156 valence electrons. The molecule has 2 rings (SSSR count). The highest BCUT2D eigenvalue weighted by Gasteiger charge is 2.18. The lowest BCUT2D eigenvalue weighted by atomic mass is 10.0. The van der Waals surface area contributed by atoms with E-state index in [4.69, 9.17) is 4.74 Å². The fourth-order valence-corrected chi connectivity index (χ4v) is 3.71. The lowest BCUT2D eigenvalue weighted by molar-refractivity contribution is -0.113. The number of rotatable bonds is 9. The van der Waals surface area contributed by atoms with Crippen LogP contribution < -0.4 is 15.3 Å². The summed E-state index contributed by atoms with van der Waals surface area (Å²) in [5.74, 6) is 0.401. The zero-order valence-corrected chi connectivity index (χ0v) is 18.5. The van der Waals surface area contributed by atoms with Gasteiger partial charge in [-0.3, -0.25) is 9.59 Å². The van der Waals surface area contributed by atoms with E-state index < -0.39 is 0 Å². The van der Waals surface area contributed by atoms with Gasteiger partial charge in [0.05, 0.1) is 23.6 Å². The highest BCUT2D eigenvalue weighted by atomic mass is 16.5. The first-order chi connectivity index (χ1) is 13.8. The third-order valence-electron chi connectivity index (χ3n) is 5.42. The van der Waals surface area contributed by atoms with Crippen LogP contribution in [0.25, 0.3) is 23.1 Å².